The van der Waals surface area contributed by atoms with Crippen molar-refractivity contribution in [3.8, 4) is 0 Å². The number of aliphatic hydroxyl groups excluding tert-OH is 4. The second-order valence-electron chi connectivity index (χ2n) is 19.3. The minimum absolute atomic E-state index is 0.359. The van der Waals surface area contributed by atoms with Crippen molar-refractivity contribution in [3.63, 3.8) is 0 Å². The Balaban J connectivity index is 3.66. The first-order chi connectivity index (χ1) is 31.5. The number of hydrogen-bond donors (Lipinski definition) is 5. The Labute approximate surface area is 398 Å². The molecule has 0 saturated carbocycles. The third-order valence-electron chi connectivity index (χ3n) is 13.0. The first-order valence-electron chi connectivity index (χ1n) is 28.0. The van der Waals surface area contributed by atoms with Crippen LogP contribution in [0.15, 0.2) is 48.6 Å². The van der Waals surface area contributed by atoms with Gasteiger partial charge in [-0.3, -0.25) is 4.79 Å². The van der Waals surface area contributed by atoms with E-state index in [0.29, 0.717) is 19.3 Å². The van der Waals surface area contributed by atoms with Gasteiger partial charge < -0.3 is 25.7 Å². The van der Waals surface area contributed by atoms with E-state index in [1.807, 2.05) is 0 Å². The molecular weight excluding hydrogens is 791 g/mol. The van der Waals surface area contributed by atoms with E-state index in [2.05, 4.69) is 67.8 Å². The molecule has 0 spiro atoms. The van der Waals surface area contributed by atoms with E-state index in [1.165, 1.54) is 205 Å². The number of allylic oxidation sites excluding steroid dienone is 8. The molecule has 0 bridgehead atoms. The van der Waals surface area contributed by atoms with Gasteiger partial charge in [-0.1, -0.05) is 249 Å². The van der Waals surface area contributed by atoms with Crippen LogP contribution in [-0.4, -0.2) is 57.3 Å². The highest BCUT2D eigenvalue weighted by molar-refractivity contribution is 5.80. The molecule has 0 aliphatic heterocycles. The highest BCUT2D eigenvalue weighted by atomic mass is 16.3. The predicted molar refractivity (Wildman–Crippen MR) is 279 cm³/mol. The van der Waals surface area contributed by atoms with Crippen molar-refractivity contribution in [2.75, 3.05) is 6.61 Å². The average Bonchev–Trinajstić information content (AvgIpc) is 3.30. The van der Waals surface area contributed by atoms with Crippen LogP contribution >= 0.6 is 0 Å². The Kier molecular flexibility index (Phi) is 50.8. The first-order valence-corrected chi connectivity index (χ1v) is 28.0. The minimum atomic E-state index is -1.29. The Morgan fingerprint density at radius 2 is 0.703 bits per heavy atom. The molecule has 0 heterocycles. The molecular formula is C58H109NO5. The van der Waals surface area contributed by atoms with Crippen molar-refractivity contribution in [2.24, 2.45) is 0 Å². The number of unbranched alkanes of at least 4 members (excludes halogenated alkanes) is 34. The summed E-state index contributed by atoms with van der Waals surface area (Å²) in [5.74, 6) is -0.596. The predicted octanol–water partition coefficient (Wildman–Crippen LogP) is 16.2. The molecule has 0 aromatic rings. The van der Waals surface area contributed by atoms with E-state index in [9.17, 15) is 25.2 Å². The lowest BCUT2D eigenvalue weighted by atomic mass is 10.00. The molecule has 0 aromatic heterocycles. The second kappa shape index (κ2) is 52.2. The third kappa shape index (κ3) is 45.4. The number of hydrogen-bond acceptors (Lipinski definition) is 5. The van der Waals surface area contributed by atoms with Crippen LogP contribution in [0, 0.1) is 0 Å². The Morgan fingerprint density at radius 1 is 0.391 bits per heavy atom. The van der Waals surface area contributed by atoms with Gasteiger partial charge in [-0.25, -0.2) is 0 Å². The van der Waals surface area contributed by atoms with Crippen LogP contribution in [0.2, 0.25) is 0 Å². The molecule has 4 atom stereocenters. The molecule has 0 aliphatic rings. The zero-order valence-electron chi connectivity index (χ0n) is 42.5. The molecule has 0 aliphatic carbocycles. The quantitative estimate of drug-likeness (QED) is 0.0309. The van der Waals surface area contributed by atoms with E-state index in [0.717, 1.165) is 44.9 Å². The molecule has 1 amide bonds. The number of carbonyl (C=O) groups excluding carboxylic acids is 1. The van der Waals surface area contributed by atoms with E-state index >= 15 is 0 Å². The van der Waals surface area contributed by atoms with Crippen molar-refractivity contribution in [1.82, 2.24) is 5.32 Å². The SMILES string of the molecule is CCCCCCCCCCC/C=C\C/C=C\CCCCCCCCCCCCCCCCC(O)C(=O)NC(CO)C(O)C(O)CCC/C=C/CC/C=C/CCCCCCCCCCC. The zero-order chi connectivity index (χ0) is 46.7. The lowest BCUT2D eigenvalue weighted by Gasteiger charge is -2.27. The van der Waals surface area contributed by atoms with Gasteiger partial charge in [-0.2, -0.15) is 0 Å². The molecule has 6 nitrogen and oxygen atoms in total. The van der Waals surface area contributed by atoms with Crippen molar-refractivity contribution >= 4 is 5.91 Å². The number of carbonyl (C=O) groups is 1. The second-order valence-corrected chi connectivity index (χ2v) is 19.3. The standard InChI is InChI=1S/C58H109NO5/c1-3-5-7-9-11-13-15-17-19-21-23-24-25-26-27-28-29-30-31-32-33-34-36-38-40-42-44-46-48-50-52-56(62)58(64)59-54(53-60)57(63)55(61)51-49-47-45-43-41-39-37-35-22-20-18-16-14-12-10-8-6-4-2/h23-24,26-27,35,37,43,45,54-57,60-63H,3-22,25,28-34,36,38-42,44,46-53H2,1-2H3,(H,59,64)/b24-23-,27-26-,37-35+,45-43+. The van der Waals surface area contributed by atoms with E-state index < -0.39 is 36.9 Å². The lowest BCUT2D eigenvalue weighted by molar-refractivity contribution is -0.132. The summed E-state index contributed by atoms with van der Waals surface area (Å²) in [4.78, 5) is 12.6. The molecule has 4 unspecified atom stereocenters. The summed E-state index contributed by atoms with van der Waals surface area (Å²) in [6, 6.07) is -1.01. The fourth-order valence-electron chi connectivity index (χ4n) is 8.57. The van der Waals surface area contributed by atoms with E-state index in [4.69, 9.17) is 0 Å². The maximum Gasteiger partial charge on any atom is 0.249 e. The van der Waals surface area contributed by atoms with E-state index in [1.54, 1.807) is 0 Å². The number of amides is 1. The van der Waals surface area contributed by atoms with Crippen molar-refractivity contribution < 1.29 is 25.2 Å². The van der Waals surface area contributed by atoms with Gasteiger partial charge in [0.25, 0.3) is 0 Å². The van der Waals surface area contributed by atoms with Crippen LogP contribution in [0.4, 0.5) is 0 Å². The summed E-state index contributed by atoms with van der Waals surface area (Å²) in [6.45, 7) is 4.05. The summed E-state index contributed by atoms with van der Waals surface area (Å²) in [5.41, 5.74) is 0. The van der Waals surface area contributed by atoms with Gasteiger partial charge in [0, 0.05) is 0 Å². The van der Waals surface area contributed by atoms with Gasteiger partial charge in [-0.05, 0) is 83.5 Å². The summed E-state index contributed by atoms with van der Waals surface area (Å²) in [7, 11) is 0. The molecule has 0 rings (SSSR count). The van der Waals surface area contributed by atoms with E-state index in [-0.39, 0.29) is 0 Å². The molecule has 6 heteroatoms. The van der Waals surface area contributed by atoms with Crippen molar-refractivity contribution in [2.45, 2.75) is 308 Å². The highest BCUT2D eigenvalue weighted by Gasteiger charge is 2.28. The number of aliphatic hydroxyl groups is 4. The smallest absolute Gasteiger partial charge is 0.249 e. The average molecular weight is 901 g/mol. The van der Waals surface area contributed by atoms with Crippen LogP contribution in [0.3, 0.4) is 0 Å². The lowest BCUT2D eigenvalue weighted by Crippen LogP contribution is -2.53. The summed E-state index contributed by atoms with van der Waals surface area (Å²) in [6.07, 6.45) is 66.1. The maximum absolute atomic E-state index is 12.6. The van der Waals surface area contributed by atoms with Gasteiger partial charge in [0.05, 0.1) is 18.8 Å². The van der Waals surface area contributed by atoms with Crippen LogP contribution in [0.25, 0.3) is 0 Å². The monoisotopic (exact) mass is 900 g/mol. The van der Waals surface area contributed by atoms with Gasteiger partial charge >= 0.3 is 0 Å². The van der Waals surface area contributed by atoms with Gasteiger partial charge in [-0.15, -0.1) is 0 Å². The third-order valence-corrected chi connectivity index (χ3v) is 13.0. The molecule has 0 fully saturated rings. The highest BCUT2D eigenvalue weighted by Crippen LogP contribution is 2.16. The molecule has 376 valence electrons. The fourth-order valence-corrected chi connectivity index (χ4v) is 8.57. The maximum atomic E-state index is 12.6. The van der Waals surface area contributed by atoms with Crippen LogP contribution < -0.4 is 5.32 Å². The Morgan fingerprint density at radius 3 is 1.08 bits per heavy atom. The first kappa shape index (κ1) is 62.3. The summed E-state index contributed by atoms with van der Waals surface area (Å²) >= 11 is 0. The number of rotatable bonds is 51. The number of nitrogens with one attached hydrogen (secondary N) is 1. The van der Waals surface area contributed by atoms with Crippen molar-refractivity contribution in [1.29, 1.82) is 0 Å². The Bertz CT molecular complexity index is 1060. The van der Waals surface area contributed by atoms with Crippen LogP contribution in [0.1, 0.15) is 284 Å². The normalized spacial score (nSPS) is 14.2. The van der Waals surface area contributed by atoms with Crippen LogP contribution in [0.5, 0.6) is 0 Å². The van der Waals surface area contributed by atoms with Crippen LogP contribution in [-0.2, 0) is 4.79 Å². The van der Waals surface area contributed by atoms with Gasteiger partial charge in [0.15, 0.2) is 0 Å². The minimum Gasteiger partial charge on any atom is -0.394 e. The van der Waals surface area contributed by atoms with Gasteiger partial charge in [0.2, 0.25) is 5.91 Å². The van der Waals surface area contributed by atoms with Crippen molar-refractivity contribution in [3.05, 3.63) is 48.6 Å². The topological polar surface area (TPSA) is 110 Å². The largest absolute Gasteiger partial charge is 0.394 e. The molecule has 0 radical (unpaired) electrons. The Hall–Kier alpha value is -1.73. The molecule has 5 N–H and O–H groups in total. The summed E-state index contributed by atoms with van der Waals surface area (Å²) < 4.78 is 0. The fraction of sp³-hybridized carbons (Fsp3) is 0.845. The van der Waals surface area contributed by atoms with Gasteiger partial charge in [0.1, 0.15) is 12.2 Å². The molecule has 64 heavy (non-hydrogen) atoms. The molecule has 0 aromatic carbocycles. The summed E-state index contributed by atoms with van der Waals surface area (Å²) in [5, 5.41) is 43.9. The zero-order valence-corrected chi connectivity index (χ0v) is 42.5. The molecule has 0 saturated heterocycles.